The Hall–Kier alpha value is -2.09. The lowest BCUT2D eigenvalue weighted by Crippen LogP contribution is -2.46. The Morgan fingerprint density at radius 3 is 2.64 bits per heavy atom. The summed E-state index contributed by atoms with van der Waals surface area (Å²) in [7, 11) is 1.68. The molecule has 1 fully saturated rings. The van der Waals surface area contributed by atoms with Gasteiger partial charge in [-0.05, 0) is 36.1 Å². The first-order valence-electron chi connectivity index (χ1n) is 9.80. The number of nitrogens with one attached hydrogen (secondary N) is 2. The molecule has 1 aliphatic heterocycles. The number of ether oxygens (including phenoxy) is 2. The molecule has 1 aromatic heterocycles. The van der Waals surface area contributed by atoms with Crippen LogP contribution in [0.2, 0.25) is 0 Å². The third kappa shape index (κ3) is 5.95. The zero-order chi connectivity index (χ0) is 19.6. The smallest absolute Gasteiger partial charge is 0.191 e. The van der Waals surface area contributed by atoms with Gasteiger partial charge >= 0.3 is 0 Å². The van der Waals surface area contributed by atoms with Crippen LogP contribution in [0.3, 0.4) is 0 Å². The molecule has 0 radical (unpaired) electrons. The van der Waals surface area contributed by atoms with Gasteiger partial charge in [0.25, 0.3) is 0 Å². The summed E-state index contributed by atoms with van der Waals surface area (Å²) in [5, 5.41) is 9.04. The van der Waals surface area contributed by atoms with Crippen LogP contribution in [-0.2, 0) is 11.3 Å². The van der Waals surface area contributed by atoms with Crippen molar-refractivity contribution in [2.75, 3.05) is 46.5 Å². The van der Waals surface area contributed by atoms with E-state index in [9.17, 15) is 0 Å². The van der Waals surface area contributed by atoms with E-state index < -0.39 is 0 Å². The number of morpholine rings is 1. The van der Waals surface area contributed by atoms with Crippen molar-refractivity contribution in [1.82, 2.24) is 15.5 Å². The van der Waals surface area contributed by atoms with Crippen LogP contribution in [0.4, 0.5) is 0 Å². The van der Waals surface area contributed by atoms with Crippen LogP contribution >= 0.6 is 11.3 Å². The average Bonchev–Trinajstić information content (AvgIpc) is 3.28. The van der Waals surface area contributed by atoms with Gasteiger partial charge in [-0.25, -0.2) is 4.99 Å². The van der Waals surface area contributed by atoms with E-state index in [0.29, 0.717) is 12.6 Å². The number of nitrogens with zero attached hydrogens (tertiary/aromatic N) is 2. The third-order valence-electron chi connectivity index (χ3n) is 4.74. The maximum atomic E-state index is 5.53. The van der Waals surface area contributed by atoms with Crippen LogP contribution in [0, 0.1) is 0 Å². The number of methoxy groups -OCH3 is 1. The first kappa shape index (κ1) is 20.6. The highest BCUT2D eigenvalue weighted by atomic mass is 32.1. The van der Waals surface area contributed by atoms with Crippen LogP contribution in [0.5, 0.6) is 5.75 Å². The zero-order valence-corrected chi connectivity index (χ0v) is 17.5. The Morgan fingerprint density at radius 1 is 1.21 bits per heavy atom. The van der Waals surface area contributed by atoms with Crippen molar-refractivity contribution >= 4 is 17.3 Å². The minimum Gasteiger partial charge on any atom is -0.497 e. The van der Waals surface area contributed by atoms with E-state index in [-0.39, 0.29) is 0 Å². The van der Waals surface area contributed by atoms with E-state index in [0.717, 1.165) is 56.7 Å². The minimum absolute atomic E-state index is 0.328. The molecule has 6 nitrogen and oxygen atoms in total. The van der Waals surface area contributed by atoms with Gasteiger partial charge in [0.15, 0.2) is 5.96 Å². The summed E-state index contributed by atoms with van der Waals surface area (Å²) in [5.41, 5.74) is 1.15. The summed E-state index contributed by atoms with van der Waals surface area (Å²) in [6.45, 7) is 7.88. The molecule has 28 heavy (non-hydrogen) atoms. The van der Waals surface area contributed by atoms with Gasteiger partial charge in [-0.15, -0.1) is 11.3 Å². The maximum Gasteiger partial charge on any atom is 0.191 e. The normalized spacial score (nSPS) is 16.6. The molecule has 3 rings (SSSR count). The van der Waals surface area contributed by atoms with Gasteiger partial charge < -0.3 is 20.1 Å². The van der Waals surface area contributed by atoms with Crippen LogP contribution in [0.25, 0.3) is 0 Å². The largest absolute Gasteiger partial charge is 0.497 e. The van der Waals surface area contributed by atoms with E-state index in [2.05, 4.69) is 40.0 Å². The van der Waals surface area contributed by atoms with E-state index in [1.807, 2.05) is 35.6 Å². The summed E-state index contributed by atoms with van der Waals surface area (Å²) in [4.78, 5) is 8.62. The summed E-state index contributed by atoms with van der Waals surface area (Å²) in [6, 6.07) is 12.7. The third-order valence-corrected chi connectivity index (χ3v) is 5.72. The van der Waals surface area contributed by atoms with Crippen LogP contribution < -0.4 is 15.4 Å². The van der Waals surface area contributed by atoms with Crippen molar-refractivity contribution in [3.8, 4) is 5.75 Å². The van der Waals surface area contributed by atoms with Gasteiger partial charge in [0.2, 0.25) is 0 Å². The van der Waals surface area contributed by atoms with Crippen molar-refractivity contribution in [3.05, 3.63) is 52.2 Å². The van der Waals surface area contributed by atoms with Crippen molar-refractivity contribution in [1.29, 1.82) is 0 Å². The molecule has 0 bridgehead atoms. The lowest BCUT2D eigenvalue weighted by Gasteiger charge is -2.34. The highest BCUT2D eigenvalue weighted by Crippen LogP contribution is 2.25. The lowest BCUT2D eigenvalue weighted by molar-refractivity contribution is 0.0177. The monoisotopic (exact) mass is 402 g/mol. The van der Waals surface area contributed by atoms with E-state index in [1.54, 1.807) is 7.11 Å². The Morgan fingerprint density at radius 2 is 2.00 bits per heavy atom. The van der Waals surface area contributed by atoms with Gasteiger partial charge in [0.1, 0.15) is 5.75 Å². The highest BCUT2D eigenvalue weighted by Gasteiger charge is 2.23. The number of aliphatic imine (C=N–C) groups is 1. The Kier molecular flexibility index (Phi) is 8.14. The predicted octanol–water partition coefficient (Wildman–Crippen LogP) is 2.89. The molecule has 152 valence electrons. The quantitative estimate of drug-likeness (QED) is 0.525. The molecular weight excluding hydrogens is 372 g/mol. The summed E-state index contributed by atoms with van der Waals surface area (Å²) < 4.78 is 10.7. The lowest BCUT2D eigenvalue weighted by atomic mass is 10.2. The number of guanidine groups is 1. The van der Waals surface area contributed by atoms with Gasteiger partial charge in [-0.2, -0.15) is 0 Å². The van der Waals surface area contributed by atoms with Crippen molar-refractivity contribution in [2.45, 2.75) is 19.5 Å². The number of thiophene rings is 1. The average molecular weight is 403 g/mol. The molecule has 2 aromatic rings. The molecule has 0 amide bonds. The fourth-order valence-corrected chi connectivity index (χ4v) is 4.08. The topological polar surface area (TPSA) is 58.1 Å². The Bertz CT molecular complexity index is 713. The number of benzene rings is 1. The molecule has 0 saturated carbocycles. The molecule has 7 heteroatoms. The van der Waals surface area contributed by atoms with E-state index >= 15 is 0 Å². The Labute approximate surface area is 171 Å². The summed E-state index contributed by atoms with van der Waals surface area (Å²) in [6.07, 6.45) is 0. The SMILES string of the molecule is CCNC(=NCc1ccc(OC)cc1)NCC(c1cccs1)N1CCOCC1. The standard InChI is InChI=1S/C21H30N4O2S/c1-3-22-21(23-15-17-6-8-18(26-2)9-7-17)24-16-19(20-5-4-14-28-20)25-10-12-27-13-11-25/h4-9,14,19H,3,10-13,15-16H2,1-2H3,(H2,22,23,24). The fraction of sp³-hybridized carbons (Fsp3) is 0.476. The van der Waals surface area contributed by atoms with E-state index in [1.165, 1.54) is 4.88 Å². The van der Waals surface area contributed by atoms with Gasteiger partial charge in [-0.3, -0.25) is 4.90 Å². The van der Waals surface area contributed by atoms with Gasteiger partial charge in [0.05, 0.1) is 32.9 Å². The first-order chi connectivity index (χ1) is 13.8. The molecule has 1 aliphatic rings. The maximum absolute atomic E-state index is 5.53. The van der Waals surface area contributed by atoms with Crippen LogP contribution in [-0.4, -0.2) is 57.4 Å². The summed E-state index contributed by atoms with van der Waals surface area (Å²) >= 11 is 1.81. The second kappa shape index (κ2) is 11.0. The van der Waals surface area contributed by atoms with Crippen LogP contribution in [0.15, 0.2) is 46.8 Å². The highest BCUT2D eigenvalue weighted by molar-refractivity contribution is 7.10. The van der Waals surface area contributed by atoms with Gasteiger partial charge in [-0.1, -0.05) is 18.2 Å². The van der Waals surface area contributed by atoms with Gasteiger partial charge in [0, 0.05) is 31.1 Å². The number of rotatable bonds is 8. The predicted molar refractivity (Wildman–Crippen MR) is 115 cm³/mol. The van der Waals surface area contributed by atoms with Crippen molar-refractivity contribution in [2.24, 2.45) is 4.99 Å². The van der Waals surface area contributed by atoms with E-state index in [4.69, 9.17) is 14.5 Å². The molecule has 1 atom stereocenters. The molecule has 1 unspecified atom stereocenters. The molecule has 2 heterocycles. The second-order valence-corrected chi connectivity index (χ2v) is 7.58. The second-order valence-electron chi connectivity index (χ2n) is 6.60. The van der Waals surface area contributed by atoms with Crippen LogP contribution in [0.1, 0.15) is 23.4 Å². The minimum atomic E-state index is 0.328. The van der Waals surface area contributed by atoms with Crippen molar-refractivity contribution in [3.63, 3.8) is 0 Å². The number of hydrogen-bond acceptors (Lipinski definition) is 5. The fourth-order valence-electron chi connectivity index (χ4n) is 3.22. The molecular formula is C21H30N4O2S. The molecule has 0 aliphatic carbocycles. The first-order valence-corrected chi connectivity index (χ1v) is 10.7. The number of hydrogen-bond donors (Lipinski definition) is 2. The molecule has 2 N–H and O–H groups in total. The Balaban J connectivity index is 1.63. The molecule has 1 aromatic carbocycles. The van der Waals surface area contributed by atoms with Crippen molar-refractivity contribution < 1.29 is 9.47 Å². The molecule has 0 spiro atoms. The summed E-state index contributed by atoms with van der Waals surface area (Å²) in [5.74, 6) is 1.70. The zero-order valence-electron chi connectivity index (χ0n) is 16.7. The molecule has 1 saturated heterocycles.